The van der Waals surface area contributed by atoms with E-state index < -0.39 is 0 Å². The molecule has 1 aliphatic carbocycles. The lowest BCUT2D eigenvalue weighted by Crippen LogP contribution is -2.36. The molecule has 3 heterocycles. The monoisotopic (exact) mass is 349 g/mol. The Kier molecular flexibility index (Phi) is 3.78. The van der Waals surface area contributed by atoms with Crippen LogP contribution in [0.25, 0.3) is 5.69 Å². The summed E-state index contributed by atoms with van der Waals surface area (Å²) in [6.45, 7) is 1.92. The number of methoxy groups -OCH3 is 1. The van der Waals surface area contributed by atoms with Gasteiger partial charge in [0, 0.05) is 37.6 Å². The van der Waals surface area contributed by atoms with Crippen molar-refractivity contribution in [2.45, 2.75) is 31.8 Å². The number of hydrogen-bond donors (Lipinski definition) is 1. The predicted molar refractivity (Wildman–Crippen MR) is 98.3 cm³/mol. The molecule has 0 bridgehead atoms. The van der Waals surface area contributed by atoms with Crippen LogP contribution in [0.2, 0.25) is 0 Å². The maximum absolute atomic E-state index is 5.48. The zero-order valence-electron chi connectivity index (χ0n) is 14.9. The minimum absolute atomic E-state index is 0.418. The van der Waals surface area contributed by atoms with E-state index in [0.29, 0.717) is 6.04 Å². The lowest BCUT2D eigenvalue weighted by atomic mass is 9.97. The number of nitrogens with zero attached hydrogens (tertiary/aromatic N) is 4. The molecule has 1 atom stereocenters. The summed E-state index contributed by atoms with van der Waals surface area (Å²) in [6, 6.07) is 8.61. The van der Waals surface area contributed by atoms with E-state index in [-0.39, 0.29) is 0 Å². The molecule has 0 amide bonds. The minimum Gasteiger partial charge on any atom is -0.497 e. The van der Waals surface area contributed by atoms with E-state index in [1.165, 1.54) is 29.8 Å². The predicted octanol–water partition coefficient (Wildman–Crippen LogP) is 3.11. The highest BCUT2D eigenvalue weighted by Gasteiger charge is 2.41. The SMILES string of the molecule is COc1ccc(-n2cccn2)c(CN2CCc3[nH]cnc3C2C2CC2)c1. The molecule has 0 saturated heterocycles. The average Bonchev–Trinajstić information content (AvgIpc) is 3.16. The molecule has 1 aliphatic heterocycles. The number of nitrogens with one attached hydrogen (secondary N) is 1. The van der Waals surface area contributed by atoms with Crippen LogP contribution in [0.15, 0.2) is 43.0 Å². The van der Waals surface area contributed by atoms with Crippen molar-refractivity contribution in [1.82, 2.24) is 24.6 Å². The number of benzene rings is 1. The zero-order valence-corrected chi connectivity index (χ0v) is 14.9. The molecule has 0 spiro atoms. The summed E-state index contributed by atoms with van der Waals surface area (Å²) >= 11 is 0. The summed E-state index contributed by atoms with van der Waals surface area (Å²) in [5.41, 5.74) is 4.91. The lowest BCUT2D eigenvalue weighted by Gasteiger charge is -2.35. The van der Waals surface area contributed by atoms with E-state index in [4.69, 9.17) is 4.74 Å². The summed E-state index contributed by atoms with van der Waals surface area (Å²) in [5, 5.41) is 4.43. The first-order valence-corrected chi connectivity index (χ1v) is 9.26. The first-order chi connectivity index (χ1) is 12.8. The normalized spacial score (nSPS) is 20.1. The molecule has 26 heavy (non-hydrogen) atoms. The van der Waals surface area contributed by atoms with Gasteiger partial charge < -0.3 is 9.72 Å². The molecule has 6 heteroatoms. The van der Waals surface area contributed by atoms with Crippen LogP contribution in [0.1, 0.15) is 35.8 Å². The molecule has 1 fully saturated rings. The number of rotatable bonds is 5. The van der Waals surface area contributed by atoms with Gasteiger partial charge in [-0.15, -0.1) is 0 Å². The van der Waals surface area contributed by atoms with Crippen molar-refractivity contribution >= 4 is 0 Å². The van der Waals surface area contributed by atoms with Gasteiger partial charge in [-0.25, -0.2) is 9.67 Å². The van der Waals surface area contributed by atoms with Crippen molar-refractivity contribution in [3.05, 3.63) is 59.9 Å². The van der Waals surface area contributed by atoms with Crippen LogP contribution in [0, 0.1) is 5.92 Å². The van der Waals surface area contributed by atoms with Crippen molar-refractivity contribution in [2.24, 2.45) is 5.92 Å². The number of ether oxygens (including phenoxy) is 1. The largest absolute Gasteiger partial charge is 0.497 e. The van der Waals surface area contributed by atoms with E-state index in [1.807, 2.05) is 35.5 Å². The molecule has 134 valence electrons. The van der Waals surface area contributed by atoms with Crippen molar-refractivity contribution in [2.75, 3.05) is 13.7 Å². The van der Waals surface area contributed by atoms with E-state index in [9.17, 15) is 0 Å². The molecule has 5 rings (SSSR count). The van der Waals surface area contributed by atoms with Gasteiger partial charge in [-0.3, -0.25) is 4.90 Å². The Morgan fingerprint density at radius 1 is 1.31 bits per heavy atom. The summed E-state index contributed by atoms with van der Waals surface area (Å²) in [5.74, 6) is 1.62. The van der Waals surface area contributed by atoms with Gasteiger partial charge >= 0.3 is 0 Å². The van der Waals surface area contributed by atoms with Crippen molar-refractivity contribution in [3.8, 4) is 11.4 Å². The maximum atomic E-state index is 5.48. The van der Waals surface area contributed by atoms with Crippen LogP contribution in [0.3, 0.4) is 0 Å². The fourth-order valence-electron chi connectivity index (χ4n) is 4.13. The standard InChI is InChI=1S/C20H23N5O/c1-26-16-5-6-18(25-9-2-8-23-25)15(11-16)12-24-10-7-17-19(22-13-21-17)20(24)14-3-4-14/h2,5-6,8-9,11,13-14,20H,3-4,7,10,12H2,1H3,(H,21,22). The third kappa shape index (κ3) is 2.70. The Morgan fingerprint density at radius 2 is 2.23 bits per heavy atom. The number of imidazole rings is 1. The molecule has 3 aromatic rings. The second-order valence-corrected chi connectivity index (χ2v) is 7.21. The van der Waals surface area contributed by atoms with Gasteiger partial charge in [-0.2, -0.15) is 5.10 Å². The summed E-state index contributed by atoms with van der Waals surface area (Å²) < 4.78 is 7.42. The quantitative estimate of drug-likeness (QED) is 0.769. The van der Waals surface area contributed by atoms with Gasteiger partial charge in [0.05, 0.1) is 30.9 Å². The minimum atomic E-state index is 0.418. The Morgan fingerprint density at radius 3 is 3.00 bits per heavy atom. The maximum Gasteiger partial charge on any atom is 0.119 e. The number of aromatic amines is 1. The molecular formula is C20H23N5O. The molecule has 1 saturated carbocycles. The fourth-order valence-corrected chi connectivity index (χ4v) is 4.13. The van der Waals surface area contributed by atoms with E-state index in [2.05, 4.69) is 32.1 Å². The smallest absolute Gasteiger partial charge is 0.119 e. The third-order valence-corrected chi connectivity index (χ3v) is 5.55. The van der Waals surface area contributed by atoms with Crippen LogP contribution < -0.4 is 4.74 Å². The van der Waals surface area contributed by atoms with Crippen LogP contribution in [0.5, 0.6) is 5.75 Å². The third-order valence-electron chi connectivity index (χ3n) is 5.55. The molecule has 1 aromatic carbocycles. The van der Waals surface area contributed by atoms with Gasteiger partial charge in [0.25, 0.3) is 0 Å². The highest BCUT2D eigenvalue weighted by Crippen LogP contribution is 2.47. The van der Waals surface area contributed by atoms with Crippen LogP contribution in [-0.2, 0) is 13.0 Å². The first-order valence-electron chi connectivity index (χ1n) is 9.26. The Hall–Kier alpha value is -2.60. The van der Waals surface area contributed by atoms with Crippen LogP contribution in [0.4, 0.5) is 0 Å². The van der Waals surface area contributed by atoms with Crippen LogP contribution >= 0.6 is 0 Å². The average molecular weight is 349 g/mol. The molecule has 1 N–H and O–H groups in total. The second kappa shape index (κ2) is 6.29. The Labute approximate surface area is 152 Å². The first kappa shape index (κ1) is 15.6. The summed E-state index contributed by atoms with van der Waals surface area (Å²) in [4.78, 5) is 10.6. The number of H-pyrrole nitrogens is 1. The van der Waals surface area contributed by atoms with Gasteiger partial charge in [0.1, 0.15) is 5.75 Å². The molecule has 1 unspecified atom stereocenters. The lowest BCUT2D eigenvalue weighted by molar-refractivity contribution is 0.152. The zero-order chi connectivity index (χ0) is 17.5. The Bertz CT molecular complexity index is 897. The fraction of sp³-hybridized carbons (Fsp3) is 0.400. The molecular weight excluding hydrogens is 326 g/mol. The second-order valence-electron chi connectivity index (χ2n) is 7.21. The van der Waals surface area contributed by atoms with Crippen molar-refractivity contribution in [3.63, 3.8) is 0 Å². The Balaban J connectivity index is 1.51. The molecule has 2 aliphatic rings. The molecule has 6 nitrogen and oxygen atoms in total. The van der Waals surface area contributed by atoms with Gasteiger partial charge in [0.15, 0.2) is 0 Å². The molecule has 0 radical (unpaired) electrons. The van der Waals surface area contributed by atoms with Gasteiger partial charge in [-0.05, 0) is 48.6 Å². The van der Waals surface area contributed by atoms with E-state index in [1.54, 1.807) is 7.11 Å². The van der Waals surface area contributed by atoms with E-state index in [0.717, 1.165) is 36.9 Å². The topological polar surface area (TPSA) is 59.0 Å². The van der Waals surface area contributed by atoms with Crippen molar-refractivity contribution < 1.29 is 4.74 Å². The van der Waals surface area contributed by atoms with Gasteiger partial charge in [-0.1, -0.05) is 0 Å². The number of hydrogen-bond acceptors (Lipinski definition) is 4. The van der Waals surface area contributed by atoms with Crippen LogP contribution in [-0.4, -0.2) is 38.3 Å². The van der Waals surface area contributed by atoms with E-state index >= 15 is 0 Å². The van der Waals surface area contributed by atoms with Gasteiger partial charge in [0.2, 0.25) is 0 Å². The molecule has 2 aromatic heterocycles. The van der Waals surface area contributed by atoms with Crippen molar-refractivity contribution in [1.29, 1.82) is 0 Å². The number of aromatic nitrogens is 4. The summed E-state index contributed by atoms with van der Waals surface area (Å²) in [7, 11) is 1.72. The highest BCUT2D eigenvalue weighted by molar-refractivity contribution is 5.45. The highest BCUT2D eigenvalue weighted by atomic mass is 16.5. The summed E-state index contributed by atoms with van der Waals surface area (Å²) in [6.07, 6.45) is 9.29. The number of fused-ring (bicyclic) bond motifs is 1.